The van der Waals surface area contributed by atoms with Crippen LogP contribution in [0.15, 0.2) is 0 Å². The van der Waals surface area contributed by atoms with Crippen LogP contribution in [0.25, 0.3) is 0 Å². The van der Waals surface area contributed by atoms with Gasteiger partial charge >= 0.3 is 6.09 Å². The van der Waals surface area contributed by atoms with E-state index >= 15 is 0 Å². The van der Waals surface area contributed by atoms with Crippen molar-refractivity contribution in [2.24, 2.45) is 11.8 Å². The fourth-order valence-corrected chi connectivity index (χ4v) is 5.88. The smallest absolute Gasteiger partial charge is 0.410 e. The molecule has 4 nitrogen and oxygen atoms in total. The van der Waals surface area contributed by atoms with E-state index in [1.165, 1.54) is 116 Å². The summed E-state index contributed by atoms with van der Waals surface area (Å²) in [5, 5.41) is 0. The normalized spacial score (nSPS) is 19.0. The minimum atomic E-state index is -0.395. The van der Waals surface area contributed by atoms with Crippen molar-refractivity contribution in [2.75, 3.05) is 32.7 Å². The van der Waals surface area contributed by atoms with E-state index in [1.807, 2.05) is 25.7 Å². The summed E-state index contributed by atoms with van der Waals surface area (Å²) < 4.78 is 5.55. The van der Waals surface area contributed by atoms with Crippen molar-refractivity contribution in [1.82, 2.24) is 9.80 Å². The summed E-state index contributed by atoms with van der Waals surface area (Å²) in [5.41, 5.74) is -0.395. The summed E-state index contributed by atoms with van der Waals surface area (Å²) in [6.07, 6.45) is 23.6. The Bertz CT molecular complexity index is 514. The number of rotatable bonds is 15. The highest BCUT2D eigenvalue weighted by atomic mass is 16.6. The lowest BCUT2D eigenvalue weighted by molar-refractivity contribution is 0.0135. The predicted molar refractivity (Wildman–Crippen MR) is 145 cm³/mol. The van der Waals surface area contributed by atoms with E-state index in [0.717, 1.165) is 37.8 Å². The summed E-state index contributed by atoms with van der Waals surface area (Å²) in [6.45, 7) is 13.8. The molecule has 4 heteroatoms. The molecule has 2 aliphatic rings. The van der Waals surface area contributed by atoms with E-state index in [4.69, 9.17) is 4.74 Å². The van der Waals surface area contributed by atoms with Crippen LogP contribution in [0.3, 0.4) is 0 Å². The van der Waals surface area contributed by atoms with Crippen molar-refractivity contribution < 1.29 is 9.53 Å². The molecule has 0 aromatic carbocycles. The topological polar surface area (TPSA) is 32.8 Å². The molecule has 34 heavy (non-hydrogen) atoms. The van der Waals surface area contributed by atoms with Crippen LogP contribution in [0.2, 0.25) is 0 Å². The van der Waals surface area contributed by atoms with Crippen molar-refractivity contribution in [2.45, 2.75) is 142 Å². The Hall–Kier alpha value is -0.770. The highest BCUT2D eigenvalue weighted by Crippen LogP contribution is 2.33. The Morgan fingerprint density at radius 3 is 1.53 bits per heavy atom. The lowest BCUT2D eigenvalue weighted by atomic mass is 9.79. The van der Waals surface area contributed by atoms with Gasteiger partial charge in [-0.3, -0.25) is 0 Å². The van der Waals surface area contributed by atoms with Crippen LogP contribution >= 0.6 is 0 Å². The molecule has 2 rings (SSSR count). The number of likely N-dealkylation sites (tertiary alicyclic amines) is 2. The van der Waals surface area contributed by atoms with Crippen molar-refractivity contribution in [3.8, 4) is 0 Å². The molecular formula is C30H58N2O2. The van der Waals surface area contributed by atoms with Crippen LogP contribution in [0.1, 0.15) is 137 Å². The molecule has 0 bridgehead atoms. The third-order valence-corrected chi connectivity index (χ3v) is 8.07. The van der Waals surface area contributed by atoms with Gasteiger partial charge in [0.1, 0.15) is 5.60 Å². The number of amides is 1. The van der Waals surface area contributed by atoms with E-state index in [-0.39, 0.29) is 6.09 Å². The van der Waals surface area contributed by atoms with Crippen molar-refractivity contribution >= 4 is 6.09 Å². The van der Waals surface area contributed by atoms with Crippen molar-refractivity contribution in [3.05, 3.63) is 0 Å². The molecule has 2 aliphatic heterocycles. The summed E-state index contributed by atoms with van der Waals surface area (Å²) in [6, 6.07) is 0. The van der Waals surface area contributed by atoms with Gasteiger partial charge in [-0.1, -0.05) is 84.0 Å². The number of piperidine rings is 2. The molecule has 2 heterocycles. The van der Waals surface area contributed by atoms with Crippen molar-refractivity contribution in [1.29, 1.82) is 0 Å². The molecule has 0 saturated carbocycles. The highest BCUT2D eigenvalue weighted by Gasteiger charge is 2.32. The fraction of sp³-hybridized carbons (Fsp3) is 0.967. The monoisotopic (exact) mass is 478 g/mol. The molecule has 0 atom stereocenters. The first kappa shape index (κ1) is 29.5. The minimum Gasteiger partial charge on any atom is -0.444 e. The van der Waals surface area contributed by atoms with E-state index in [1.54, 1.807) is 0 Å². The number of carbonyl (C=O) groups is 1. The Kier molecular flexibility index (Phi) is 14.6. The minimum absolute atomic E-state index is 0.126. The van der Waals surface area contributed by atoms with Gasteiger partial charge < -0.3 is 14.5 Å². The van der Waals surface area contributed by atoms with E-state index in [2.05, 4.69) is 11.8 Å². The van der Waals surface area contributed by atoms with Gasteiger partial charge in [-0.25, -0.2) is 4.79 Å². The molecular weight excluding hydrogens is 420 g/mol. The third-order valence-electron chi connectivity index (χ3n) is 8.07. The Balaban J connectivity index is 1.42. The molecule has 1 amide bonds. The highest BCUT2D eigenvalue weighted by molar-refractivity contribution is 5.68. The third kappa shape index (κ3) is 12.8. The van der Waals surface area contributed by atoms with Crippen LogP contribution in [-0.4, -0.2) is 54.2 Å². The molecule has 0 aliphatic carbocycles. The van der Waals surface area contributed by atoms with E-state index in [9.17, 15) is 4.79 Å². The zero-order valence-electron chi connectivity index (χ0n) is 23.4. The van der Waals surface area contributed by atoms with E-state index < -0.39 is 5.60 Å². The Morgan fingerprint density at radius 2 is 1.09 bits per heavy atom. The first-order chi connectivity index (χ1) is 16.4. The average Bonchev–Trinajstić information content (AvgIpc) is 2.81. The maximum absolute atomic E-state index is 12.3. The predicted octanol–water partition coefficient (Wildman–Crippen LogP) is 8.44. The Labute approximate surface area is 212 Å². The van der Waals surface area contributed by atoms with Gasteiger partial charge in [0.05, 0.1) is 0 Å². The first-order valence-corrected chi connectivity index (χ1v) is 15.1. The summed E-state index contributed by atoms with van der Waals surface area (Å²) in [4.78, 5) is 16.9. The summed E-state index contributed by atoms with van der Waals surface area (Å²) >= 11 is 0. The number of hydrogen-bond donors (Lipinski definition) is 0. The zero-order chi connectivity index (χ0) is 24.7. The van der Waals surface area contributed by atoms with Gasteiger partial charge in [0.15, 0.2) is 0 Å². The Morgan fingerprint density at radius 1 is 0.676 bits per heavy atom. The number of nitrogens with zero attached hydrogens (tertiary/aromatic N) is 2. The van der Waals surface area contributed by atoms with Gasteiger partial charge in [-0.2, -0.15) is 0 Å². The average molecular weight is 479 g/mol. The second-order valence-electron chi connectivity index (χ2n) is 12.2. The molecule has 0 radical (unpaired) electrons. The number of hydrogen-bond acceptors (Lipinski definition) is 3. The SMILES string of the molecule is CCCCCCCCCCCCCCCN1CCC(C2CCN(C(=O)OC(C)(C)C)CC2)CC1. The second-order valence-corrected chi connectivity index (χ2v) is 12.2. The van der Waals surface area contributed by atoms with Crippen LogP contribution in [-0.2, 0) is 4.74 Å². The van der Waals surface area contributed by atoms with Gasteiger partial charge in [0.2, 0.25) is 0 Å². The molecule has 200 valence electrons. The molecule has 0 aromatic rings. The summed E-state index contributed by atoms with van der Waals surface area (Å²) in [5.74, 6) is 1.67. The van der Waals surface area contributed by atoms with E-state index in [0.29, 0.717) is 0 Å². The van der Waals surface area contributed by atoms with Crippen LogP contribution in [0.5, 0.6) is 0 Å². The second kappa shape index (κ2) is 16.8. The molecule has 2 fully saturated rings. The first-order valence-electron chi connectivity index (χ1n) is 15.1. The molecule has 0 aromatic heterocycles. The lowest BCUT2D eigenvalue weighted by Gasteiger charge is -2.40. The number of carbonyl (C=O) groups excluding carboxylic acids is 1. The largest absolute Gasteiger partial charge is 0.444 e. The summed E-state index contributed by atoms with van der Waals surface area (Å²) in [7, 11) is 0. The maximum Gasteiger partial charge on any atom is 0.410 e. The molecule has 0 N–H and O–H groups in total. The van der Waals surface area contributed by atoms with Gasteiger partial charge in [0.25, 0.3) is 0 Å². The molecule has 0 unspecified atom stereocenters. The standard InChI is InChI=1S/C30H58N2O2/c1-5-6-7-8-9-10-11-12-13-14-15-16-17-22-31-23-18-27(19-24-31)28-20-25-32(26-21-28)29(33)34-30(2,3)4/h27-28H,5-26H2,1-4H3. The van der Waals surface area contributed by atoms with Gasteiger partial charge in [-0.15, -0.1) is 0 Å². The maximum atomic E-state index is 12.3. The zero-order valence-corrected chi connectivity index (χ0v) is 23.4. The van der Waals surface area contributed by atoms with Crippen LogP contribution in [0.4, 0.5) is 4.79 Å². The van der Waals surface area contributed by atoms with Crippen LogP contribution < -0.4 is 0 Å². The van der Waals surface area contributed by atoms with Gasteiger partial charge in [0, 0.05) is 13.1 Å². The molecule has 0 spiro atoms. The number of ether oxygens (including phenoxy) is 1. The lowest BCUT2D eigenvalue weighted by Crippen LogP contribution is -2.44. The number of unbranched alkanes of at least 4 members (excludes halogenated alkanes) is 12. The van der Waals surface area contributed by atoms with Gasteiger partial charge in [-0.05, 0) is 84.3 Å². The van der Waals surface area contributed by atoms with Crippen LogP contribution in [0, 0.1) is 11.8 Å². The quantitative estimate of drug-likeness (QED) is 0.221. The molecule has 2 saturated heterocycles. The van der Waals surface area contributed by atoms with Crippen molar-refractivity contribution in [3.63, 3.8) is 0 Å². The fourth-order valence-electron chi connectivity index (χ4n) is 5.88.